The molecule has 0 saturated carbocycles. The zero-order chi connectivity index (χ0) is 17.0. The van der Waals surface area contributed by atoms with Gasteiger partial charge in [-0.25, -0.2) is 0 Å². The van der Waals surface area contributed by atoms with Gasteiger partial charge < -0.3 is 10.4 Å². The summed E-state index contributed by atoms with van der Waals surface area (Å²) in [5.74, 6) is -0.708. The molecule has 0 atom stereocenters. The number of halogens is 3. The number of rotatable bonds is 3. The van der Waals surface area contributed by atoms with Gasteiger partial charge in [0, 0.05) is 5.02 Å². The van der Waals surface area contributed by atoms with Gasteiger partial charge in [-0.05, 0) is 42.0 Å². The minimum Gasteiger partial charge on any atom is -0.506 e. The van der Waals surface area contributed by atoms with Crippen molar-refractivity contribution in [2.24, 2.45) is 0 Å². The fourth-order valence-corrected chi connectivity index (χ4v) is 2.35. The third kappa shape index (κ3) is 4.40. The first-order chi connectivity index (χ1) is 10.9. The van der Waals surface area contributed by atoms with Gasteiger partial charge in [-0.3, -0.25) is 4.79 Å². The first-order valence-electron chi connectivity index (χ1n) is 6.27. The number of phenolic OH excluding ortho intramolecular Hbond substituents is 1. The summed E-state index contributed by atoms with van der Waals surface area (Å²) in [6, 6.07) is 10.7. The van der Waals surface area contributed by atoms with Crippen LogP contribution >= 0.6 is 34.8 Å². The molecule has 2 rings (SSSR count). The summed E-state index contributed by atoms with van der Waals surface area (Å²) in [6.07, 6.45) is 1.35. The molecule has 0 aromatic heterocycles. The van der Waals surface area contributed by atoms with E-state index in [9.17, 15) is 9.90 Å². The summed E-state index contributed by atoms with van der Waals surface area (Å²) in [4.78, 5) is 12.2. The van der Waals surface area contributed by atoms with Gasteiger partial charge in [0.15, 0.2) is 0 Å². The number of amides is 1. The zero-order valence-corrected chi connectivity index (χ0v) is 13.7. The molecule has 0 aliphatic rings. The highest BCUT2D eigenvalue weighted by atomic mass is 35.5. The molecule has 7 heteroatoms. The quantitative estimate of drug-likeness (QED) is 0.598. The molecule has 0 spiro atoms. The Balaban J connectivity index is 2.26. The Hall–Kier alpha value is -2.19. The van der Waals surface area contributed by atoms with Crippen molar-refractivity contribution in [3.8, 4) is 11.8 Å². The number of carbonyl (C=O) groups is 1. The van der Waals surface area contributed by atoms with E-state index in [2.05, 4.69) is 5.32 Å². The first-order valence-corrected chi connectivity index (χ1v) is 7.41. The fraction of sp³-hybridized carbons (Fsp3) is 0. The lowest BCUT2D eigenvalue weighted by Gasteiger charge is -2.07. The highest BCUT2D eigenvalue weighted by molar-refractivity contribution is 6.37. The second-order valence-corrected chi connectivity index (χ2v) is 5.71. The molecule has 0 bridgehead atoms. The number of carbonyl (C=O) groups excluding carboxylic acids is 1. The standard InChI is InChI=1S/C16H9Cl3N2O2/c17-11-2-3-14(12(18)7-11)21-16(23)10(8-20)5-9-1-4-15(22)13(19)6-9/h1-7,22H,(H,21,23)/b10-5+. The topological polar surface area (TPSA) is 73.1 Å². The van der Waals surface area contributed by atoms with E-state index in [1.54, 1.807) is 6.07 Å². The second-order valence-electron chi connectivity index (χ2n) is 4.46. The van der Waals surface area contributed by atoms with Crippen molar-refractivity contribution in [3.05, 3.63) is 62.6 Å². The third-order valence-electron chi connectivity index (χ3n) is 2.83. The number of hydrogen-bond donors (Lipinski definition) is 2. The van der Waals surface area contributed by atoms with E-state index in [1.165, 1.54) is 36.4 Å². The molecule has 0 saturated heterocycles. The predicted molar refractivity (Wildman–Crippen MR) is 91.8 cm³/mol. The SMILES string of the molecule is N#C/C(=C\c1ccc(O)c(Cl)c1)C(=O)Nc1ccc(Cl)cc1Cl. The molecule has 0 unspecified atom stereocenters. The van der Waals surface area contributed by atoms with Crippen molar-refractivity contribution >= 4 is 52.5 Å². The van der Waals surface area contributed by atoms with Gasteiger partial charge in [0.2, 0.25) is 0 Å². The van der Waals surface area contributed by atoms with E-state index >= 15 is 0 Å². The molecule has 1 amide bonds. The predicted octanol–water partition coefficient (Wildman–Crippen LogP) is 4.90. The molecule has 0 heterocycles. The number of nitrogens with zero attached hydrogens (tertiary/aromatic N) is 1. The van der Waals surface area contributed by atoms with Gasteiger partial charge in [-0.15, -0.1) is 0 Å². The summed E-state index contributed by atoms with van der Waals surface area (Å²) in [6.45, 7) is 0. The fourth-order valence-electron chi connectivity index (χ4n) is 1.71. The Morgan fingerprint density at radius 2 is 1.87 bits per heavy atom. The van der Waals surface area contributed by atoms with Crippen molar-refractivity contribution in [1.29, 1.82) is 5.26 Å². The highest BCUT2D eigenvalue weighted by Crippen LogP contribution is 2.27. The Morgan fingerprint density at radius 1 is 1.13 bits per heavy atom. The van der Waals surface area contributed by atoms with Crippen LogP contribution in [-0.2, 0) is 4.79 Å². The maximum Gasteiger partial charge on any atom is 0.266 e. The van der Waals surface area contributed by atoms with Crippen molar-refractivity contribution in [2.45, 2.75) is 0 Å². The van der Waals surface area contributed by atoms with Crippen LogP contribution in [0.1, 0.15) is 5.56 Å². The third-order valence-corrected chi connectivity index (χ3v) is 3.68. The van der Waals surface area contributed by atoms with E-state index in [1.807, 2.05) is 6.07 Å². The molecule has 0 fully saturated rings. The number of phenols is 1. The van der Waals surface area contributed by atoms with E-state index in [-0.39, 0.29) is 21.4 Å². The average molecular weight is 368 g/mol. The van der Waals surface area contributed by atoms with Crippen LogP contribution in [0.2, 0.25) is 15.1 Å². The molecule has 0 aliphatic heterocycles. The molecule has 0 aliphatic carbocycles. The number of hydrogen-bond acceptors (Lipinski definition) is 3. The maximum absolute atomic E-state index is 12.2. The molecule has 116 valence electrons. The minimum atomic E-state index is -0.624. The molecule has 4 nitrogen and oxygen atoms in total. The van der Waals surface area contributed by atoms with E-state index in [4.69, 9.17) is 40.1 Å². The van der Waals surface area contributed by atoms with Gasteiger partial charge in [-0.2, -0.15) is 5.26 Å². The van der Waals surface area contributed by atoms with E-state index < -0.39 is 5.91 Å². The van der Waals surface area contributed by atoms with Crippen molar-refractivity contribution in [1.82, 2.24) is 0 Å². The summed E-state index contributed by atoms with van der Waals surface area (Å²) in [5, 5.41) is 21.9. The Bertz CT molecular complexity index is 842. The Kier molecular flexibility index (Phi) is 5.51. The van der Waals surface area contributed by atoms with Crippen LogP contribution in [-0.4, -0.2) is 11.0 Å². The van der Waals surface area contributed by atoms with Crippen molar-refractivity contribution in [3.63, 3.8) is 0 Å². The van der Waals surface area contributed by atoms with Crippen LogP contribution in [0.3, 0.4) is 0 Å². The van der Waals surface area contributed by atoms with Gasteiger partial charge in [0.25, 0.3) is 5.91 Å². The molecular weight excluding hydrogens is 359 g/mol. The largest absolute Gasteiger partial charge is 0.506 e. The zero-order valence-electron chi connectivity index (χ0n) is 11.5. The summed E-state index contributed by atoms with van der Waals surface area (Å²) < 4.78 is 0. The van der Waals surface area contributed by atoms with Crippen LogP contribution < -0.4 is 5.32 Å². The highest BCUT2D eigenvalue weighted by Gasteiger charge is 2.12. The smallest absolute Gasteiger partial charge is 0.266 e. The lowest BCUT2D eigenvalue weighted by atomic mass is 10.1. The molecular formula is C16H9Cl3N2O2. The summed E-state index contributed by atoms with van der Waals surface area (Å²) >= 11 is 17.6. The molecule has 2 aromatic carbocycles. The van der Waals surface area contributed by atoms with Crippen LogP contribution in [0.15, 0.2) is 42.0 Å². The monoisotopic (exact) mass is 366 g/mol. The number of nitriles is 1. The lowest BCUT2D eigenvalue weighted by molar-refractivity contribution is -0.112. The van der Waals surface area contributed by atoms with Gasteiger partial charge >= 0.3 is 0 Å². The number of anilines is 1. The molecule has 23 heavy (non-hydrogen) atoms. The van der Waals surface area contributed by atoms with Crippen LogP contribution in [0, 0.1) is 11.3 Å². The molecule has 2 N–H and O–H groups in total. The lowest BCUT2D eigenvalue weighted by Crippen LogP contribution is -2.13. The van der Waals surface area contributed by atoms with Crippen LogP contribution in [0.25, 0.3) is 6.08 Å². The van der Waals surface area contributed by atoms with Gasteiger partial charge in [-0.1, -0.05) is 40.9 Å². The summed E-state index contributed by atoms with van der Waals surface area (Å²) in [7, 11) is 0. The van der Waals surface area contributed by atoms with Crippen molar-refractivity contribution < 1.29 is 9.90 Å². The van der Waals surface area contributed by atoms with E-state index in [0.717, 1.165) is 0 Å². The second kappa shape index (κ2) is 7.38. The molecule has 2 aromatic rings. The van der Waals surface area contributed by atoms with E-state index in [0.29, 0.717) is 16.3 Å². The summed E-state index contributed by atoms with van der Waals surface area (Å²) in [5.41, 5.74) is 0.699. The van der Waals surface area contributed by atoms with Crippen LogP contribution in [0.5, 0.6) is 5.75 Å². The minimum absolute atomic E-state index is 0.0836. The number of aromatic hydroxyl groups is 1. The van der Waals surface area contributed by atoms with Crippen molar-refractivity contribution in [2.75, 3.05) is 5.32 Å². The maximum atomic E-state index is 12.2. The number of nitrogens with one attached hydrogen (secondary N) is 1. The Morgan fingerprint density at radius 3 is 2.48 bits per heavy atom. The van der Waals surface area contributed by atoms with Gasteiger partial charge in [0.05, 0.1) is 15.7 Å². The first kappa shape index (κ1) is 17.2. The number of benzene rings is 2. The average Bonchev–Trinajstić information content (AvgIpc) is 2.51. The Labute approximate surface area is 147 Å². The van der Waals surface area contributed by atoms with Crippen LogP contribution in [0.4, 0.5) is 5.69 Å². The normalized spacial score (nSPS) is 11.0. The van der Waals surface area contributed by atoms with Gasteiger partial charge in [0.1, 0.15) is 17.4 Å². The molecule has 0 radical (unpaired) electrons.